The van der Waals surface area contributed by atoms with Crippen molar-refractivity contribution in [1.29, 1.82) is 0 Å². The van der Waals surface area contributed by atoms with Crippen LogP contribution in [0.3, 0.4) is 0 Å². The molecule has 2 rings (SSSR count). The van der Waals surface area contributed by atoms with Gasteiger partial charge >= 0.3 is 0 Å². The number of hydrogen-bond acceptors (Lipinski definition) is 5. The van der Waals surface area contributed by atoms with Gasteiger partial charge in [0, 0.05) is 18.8 Å². The van der Waals surface area contributed by atoms with Crippen molar-refractivity contribution < 1.29 is 17.9 Å². The molecule has 0 aliphatic carbocycles. The summed E-state index contributed by atoms with van der Waals surface area (Å²) < 4.78 is 28.7. The largest absolute Gasteiger partial charge is 0.497 e. The van der Waals surface area contributed by atoms with Crippen LogP contribution in [0.1, 0.15) is 0 Å². The van der Waals surface area contributed by atoms with Crippen molar-refractivity contribution in [2.75, 3.05) is 37.0 Å². The second-order valence-corrected chi connectivity index (χ2v) is 6.96. The van der Waals surface area contributed by atoms with Gasteiger partial charge in [0.25, 0.3) is 0 Å². The highest BCUT2D eigenvalue weighted by Crippen LogP contribution is 2.15. The van der Waals surface area contributed by atoms with E-state index in [0.29, 0.717) is 24.5 Å². The van der Waals surface area contributed by atoms with Crippen molar-refractivity contribution in [3.63, 3.8) is 0 Å². The maximum Gasteiger partial charge on any atom is 0.239 e. The lowest BCUT2D eigenvalue weighted by atomic mass is 10.1. The van der Waals surface area contributed by atoms with Crippen LogP contribution in [0.15, 0.2) is 24.3 Å². The van der Waals surface area contributed by atoms with E-state index in [1.807, 2.05) is 0 Å². The Labute approximate surface area is 118 Å². The number of sulfone groups is 1. The molecule has 1 heterocycles. The topological polar surface area (TPSA) is 84.5 Å². The zero-order chi connectivity index (χ0) is 14.6. The Bertz CT molecular complexity index is 565. The second kappa shape index (κ2) is 6.23. The minimum atomic E-state index is -3.35. The minimum Gasteiger partial charge on any atom is -0.497 e. The van der Waals surface area contributed by atoms with Gasteiger partial charge in [-0.1, -0.05) is 0 Å². The third-order valence-electron chi connectivity index (χ3n) is 3.08. The Kier molecular flexibility index (Phi) is 4.61. The van der Waals surface area contributed by atoms with Crippen molar-refractivity contribution in [1.82, 2.24) is 5.32 Å². The quantitative estimate of drug-likeness (QED) is 0.787. The third kappa shape index (κ3) is 4.21. The number of carbonyl (C=O) groups is 1. The van der Waals surface area contributed by atoms with E-state index in [0.717, 1.165) is 0 Å². The van der Waals surface area contributed by atoms with E-state index in [1.54, 1.807) is 31.4 Å². The van der Waals surface area contributed by atoms with Crippen LogP contribution in [0.4, 0.5) is 5.69 Å². The Morgan fingerprint density at radius 1 is 1.35 bits per heavy atom. The molecule has 2 N–H and O–H groups in total. The van der Waals surface area contributed by atoms with Crippen LogP contribution in [0.5, 0.6) is 5.75 Å². The number of ether oxygens (including phenoxy) is 1. The standard InChI is InChI=1S/C13H18N2O4S/c1-19-12-4-2-11(3-5-12)15-13(16)9-20(17,18)8-10-6-14-7-10/h2-5,10,14H,6-9H2,1H3,(H,15,16). The molecule has 0 radical (unpaired) electrons. The van der Waals surface area contributed by atoms with Crippen molar-refractivity contribution in [2.45, 2.75) is 0 Å². The number of anilines is 1. The van der Waals surface area contributed by atoms with Crippen LogP contribution in [-0.4, -0.2) is 46.0 Å². The van der Waals surface area contributed by atoms with Gasteiger partial charge in [-0.2, -0.15) is 0 Å². The molecule has 1 fully saturated rings. The molecule has 0 saturated carbocycles. The summed E-state index contributed by atoms with van der Waals surface area (Å²) in [5.41, 5.74) is 0.552. The zero-order valence-electron chi connectivity index (χ0n) is 11.3. The van der Waals surface area contributed by atoms with Gasteiger partial charge in [-0.05, 0) is 30.2 Å². The molecular formula is C13H18N2O4S. The van der Waals surface area contributed by atoms with E-state index in [9.17, 15) is 13.2 Å². The van der Waals surface area contributed by atoms with Crippen molar-refractivity contribution in [2.24, 2.45) is 5.92 Å². The second-order valence-electron chi connectivity index (χ2n) is 4.86. The normalized spacial score (nSPS) is 15.4. The molecular weight excluding hydrogens is 280 g/mol. The van der Waals surface area contributed by atoms with E-state index in [-0.39, 0.29) is 11.7 Å². The fourth-order valence-electron chi connectivity index (χ4n) is 1.96. The lowest BCUT2D eigenvalue weighted by Crippen LogP contribution is -2.46. The van der Waals surface area contributed by atoms with Gasteiger partial charge in [-0.25, -0.2) is 8.42 Å². The monoisotopic (exact) mass is 298 g/mol. The molecule has 0 unspecified atom stereocenters. The molecule has 1 aromatic rings. The maximum atomic E-state index is 11.8. The summed E-state index contributed by atoms with van der Waals surface area (Å²) >= 11 is 0. The van der Waals surface area contributed by atoms with Crippen molar-refractivity contribution >= 4 is 21.4 Å². The van der Waals surface area contributed by atoms with Crippen LogP contribution in [-0.2, 0) is 14.6 Å². The highest BCUT2D eigenvalue weighted by atomic mass is 32.2. The predicted molar refractivity (Wildman–Crippen MR) is 76.6 cm³/mol. The molecule has 1 aliphatic rings. The maximum absolute atomic E-state index is 11.8. The Morgan fingerprint density at radius 2 is 2.00 bits per heavy atom. The van der Waals surface area contributed by atoms with Gasteiger partial charge in [0.05, 0.1) is 12.9 Å². The highest BCUT2D eigenvalue weighted by molar-refractivity contribution is 7.92. The van der Waals surface area contributed by atoms with E-state index >= 15 is 0 Å². The summed E-state index contributed by atoms with van der Waals surface area (Å²) in [7, 11) is -1.80. The molecule has 0 spiro atoms. The lowest BCUT2D eigenvalue weighted by Gasteiger charge is -2.26. The van der Waals surface area contributed by atoms with Crippen molar-refractivity contribution in [3.8, 4) is 5.75 Å². The molecule has 110 valence electrons. The first-order valence-electron chi connectivity index (χ1n) is 6.33. The Balaban J connectivity index is 1.87. The van der Waals surface area contributed by atoms with E-state index in [2.05, 4.69) is 10.6 Å². The van der Waals surface area contributed by atoms with Crippen LogP contribution in [0.25, 0.3) is 0 Å². The SMILES string of the molecule is COc1ccc(NC(=O)CS(=O)(=O)CC2CNC2)cc1. The lowest BCUT2D eigenvalue weighted by molar-refractivity contribution is -0.113. The summed E-state index contributed by atoms with van der Waals surface area (Å²) in [6.07, 6.45) is 0. The number of carbonyl (C=O) groups excluding carboxylic acids is 1. The summed E-state index contributed by atoms with van der Waals surface area (Å²) in [6.45, 7) is 1.42. The van der Waals surface area contributed by atoms with Crippen LogP contribution < -0.4 is 15.4 Å². The molecule has 0 aromatic heterocycles. The average Bonchev–Trinajstić information content (AvgIpc) is 2.34. The van der Waals surface area contributed by atoms with Crippen LogP contribution in [0, 0.1) is 5.92 Å². The fourth-order valence-corrected chi connectivity index (χ4v) is 3.50. The molecule has 1 saturated heterocycles. The van der Waals surface area contributed by atoms with Crippen molar-refractivity contribution in [3.05, 3.63) is 24.3 Å². The van der Waals surface area contributed by atoms with Crippen LogP contribution in [0.2, 0.25) is 0 Å². The first-order valence-corrected chi connectivity index (χ1v) is 8.16. The van der Waals surface area contributed by atoms with Gasteiger partial charge in [-0.3, -0.25) is 4.79 Å². The number of amides is 1. The van der Waals surface area contributed by atoms with E-state index < -0.39 is 21.5 Å². The smallest absolute Gasteiger partial charge is 0.239 e. The third-order valence-corrected chi connectivity index (χ3v) is 4.76. The predicted octanol–water partition coefficient (Wildman–Crippen LogP) is 0.268. The molecule has 1 aliphatic heterocycles. The van der Waals surface area contributed by atoms with Gasteiger partial charge in [0.1, 0.15) is 11.5 Å². The highest BCUT2D eigenvalue weighted by Gasteiger charge is 2.26. The number of rotatable bonds is 6. The number of benzene rings is 1. The summed E-state index contributed by atoms with van der Waals surface area (Å²) in [5, 5.41) is 5.58. The van der Waals surface area contributed by atoms with Gasteiger partial charge in [-0.15, -0.1) is 0 Å². The molecule has 20 heavy (non-hydrogen) atoms. The molecule has 6 nitrogen and oxygen atoms in total. The van der Waals surface area contributed by atoms with Crippen LogP contribution >= 0.6 is 0 Å². The molecule has 7 heteroatoms. The average molecular weight is 298 g/mol. The molecule has 1 amide bonds. The molecule has 1 aromatic carbocycles. The van der Waals surface area contributed by atoms with E-state index in [1.165, 1.54) is 0 Å². The summed E-state index contributed by atoms with van der Waals surface area (Å²) in [4.78, 5) is 11.7. The fraction of sp³-hybridized carbons (Fsp3) is 0.462. The minimum absolute atomic E-state index is 0.0655. The first kappa shape index (κ1) is 14.8. The molecule has 0 atom stereocenters. The van der Waals surface area contributed by atoms with Gasteiger partial charge < -0.3 is 15.4 Å². The number of hydrogen-bond donors (Lipinski definition) is 2. The Hall–Kier alpha value is -1.60. The van der Waals surface area contributed by atoms with Gasteiger partial charge in [0.15, 0.2) is 9.84 Å². The summed E-state index contributed by atoms with van der Waals surface area (Å²) in [5.74, 6) is -0.115. The molecule has 0 bridgehead atoms. The Morgan fingerprint density at radius 3 is 2.50 bits per heavy atom. The number of nitrogens with one attached hydrogen (secondary N) is 2. The number of methoxy groups -OCH3 is 1. The van der Waals surface area contributed by atoms with Gasteiger partial charge in [0.2, 0.25) is 5.91 Å². The first-order chi connectivity index (χ1) is 9.48. The zero-order valence-corrected chi connectivity index (χ0v) is 12.1. The summed E-state index contributed by atoms with van der Waals surface area (Å²) in [6, 6.07) is 6.73. The van der Waals surface area contributed by atoms with E-state index in [4.69, 9.17) is 4.74 Å².